The van der Waals surface area contributed by atoms with E-state index in [9.17, 15) is 4.79 Å². The number of hydrogen-bond donors (Lipinski definition) is 0. The van der Waals surface area contributed by atoms with Crippen LogP contribution in [0.2, 0.25) is 0 Å². The minimum Gasteiger partial charge on any atom is -0.493 e. The fourth-order valence-corrected chi connectivity index (χ4v) is 5.39. The lowest BCUT2D eigenvalue weighted by Gasteiger charge is -2.13. The third kappa shape index (κ3) is 6.74. The van der Waals surface area contributed by atoms with Crippen molar-refractivity contribution in [1.82, 2.24) is 4.98 Å². The molecule has 1 aliphatic rings. The summed E-state index contributed by atoms with van der Waals surface area (Å²) in [6.45, 7) is 7.87. The molecule has 7 nitrogen and oxygen atoms in total. The topological polar surface area (TPSA) is 76.1 Å². The Morgan fingerprint density at radius 3 is 2.65 bits per heavy atom. The molecule has 1 aromatic heterocycles. The molecule has 0 spiro atoms. The van der Waals surface area contributed by atoms with Gasteiger partial charge in [-0.2, -0.15) is 0 Å². The second-order valence-corrected chi connectivity index (χ2v) is 10.0. The van der Waals surface area contributed by atoms with Gasteiger partial charge in [0.05, 0.1) is 44.8 Å². The van der Waals surface area contributed by atoms with Crippen molar-refractivity contribution in [2.45, 2.75) is 52.4 Å². The fourth-order valence-electron chi connectivity index (χ4n) is 4.53. The first-order chi connectivity index (χ1) is 18.0. The summed E-state index contributed by atoms with van der Waals surface area (Å²) in [5, 5.41) is 0.890. The van der Waals surface area contributed by atoms with Gasteiger partial charge in [0, 0.05) is 12.0 Å². The third-order valence-electron chi connectivity index (χ3n) is 6.30. The van der Waals surface area contributed by atoms with Gasteiger partial charge in [-0.05, 0) is 81.0 Å². The smallest absolute Gasteiger partial charge is 0.306 e. The molecule has 37 heavy (non-hydrogen) atoms. The predicted molar refractivity (Wildman–Crippen MR) is 144 cm³/mol. The first kappa shape index (κ1) is 26.8. The number of benzene rings is 2. The summed E-state index contributed by atoms with van der Waals surface area (Å²) in [6, 6.07) is 12.0. The van der Waals surface area contributed by atoms with Gasteiger partial charge in [0.25, 0.3) is 0 Å². The molecule has 1 atom stereocenters. The molecular weight excluding hydrogens is 490 g/mol. The molecule has 0 fully saturated rings. The van der Waals surface area contributed by atoms with E-state index in [1.54, 1.807) is 18.4 Å². The fraction of sp³-hybridized carbons (Fsp3) is 0.448. The van der Waals surface area contributed by atoms with Crippen molar-refractivity contribution in [3.63, 3.8) is 0 Å². The van der Waals surface area contributed by atoms with Crippen LogP contribution in [-0.4, -0.2) is 44.5 Å². The normalized spacial score (nSPS) is 14.2. The second-order valence-electron chi connectivity index (χ2n) is 8.83. The summed E-state index contributed by atoms with van der Waals surface area (Å²) >= 11 is 1.60. The van der Waals surface area contributed by atoms with Gasteiger partial charge in [0.15, 0.2) is 11.5 Å². The van der Waals surface area contributed by atoms with Gasteiger partial charge < -0.3 is 23.7 Å². The van der Waals surface area contributed by atoms with E-state index in [2.05, 4.69) is 17.1 Å². The first-order valence-corrected chi connectivity index (χ1v) is 13.7. The Morgan fingerprint density at radius 2 is 1.86 bits per heavy atom. The third-order valence-corrected chi connectivity index (χ3v) is 7.30. The largest absolute Gasteiger partial charge is 0.493 e. The summed E-state index contributed by atoms with van der Waals surface area (Å²) in [7, 11) is 1.64. The van der Waals surface area contributed by atoms with E-state index in [1.165, 1.54) is 11.1 Å². The number of rotatable bonds is 13. The average Bonchev–Trinajstić information content (AvgIpc) is 3.47. The molecule has 0 N–H and O–H groups in total. The van der Waals surface area contributed by atoms with Crippen LogP contribution in [0, 0.1) is 6.92 Å². The number of esters is 1. The Bertz CT molecular complexity index is 1210. The Hall–Kier alpha value is -3.26. The van der Waals surface area contributed by atoms with E-state index in [-0.39, 0.29) is 11.9 Å². The molecule has 0 unspecified atom stereocenters. The molecule has 0 bridgehead atoms. The van der Waals surface area contributed by atoms with Crippen molar-refractivity contribution in [2.75, 3.05) is 33.5 Å². The lowest BCUT2D eigenvalue weighted by Crippen LogP contribution is -2.08. The highest BCUT2D eigenvalue weighted by molar-refractivity contribution is 7.15. The Morgan fingerprint density at radius 1 is 1.03 bits per heavy atom. The van der Waals surface area contributed by atoms with E-state index >= 15 is 0 Å². The van der Waals surface area contributed by atoms with E-state index < -0.39 is 0 Å². The zero-order chi connectivity index (χ0) is 26.2. The molecule has 1 heterocycles. The molecule has 4 rings (SSSR count). The summed E-state index contributed by atoms with van der Waals surface area (Å²) in [6.07, 6.45) is 3.11. The zero-order valence-corrected chi connectivity index (χ0v) is 22.8. The lowest BCUT2D eigenvalue weighted by molar-refractivity contribution is -0.143. The highest BCUT2D eigenvalue weighted by Crippen LogP contribution is 2.38. The number of hydrogen-bond acceptors (Lipinski definition) is 8. The number of methoxy groups -OCH3 is 1. The van der Waals surface area contributed by atoms with Crippen LogP contribution in [0.1, 0.15) is 55.0 Å². The van der Waals surface area contributed by atoms with Crippen molar-refractivity contribution in [3.05, 3.63) is 52.4 Å². The second kappa shape index (κ2) is 12.8. The van der Waals surface area contributed by atoms with E-state index in [1.807, 2.05) is 45.0 Å². The number of nitrogens with zero attached hydrogens (tertiary/aromatic N) is 1. The number of carbonyl (C=O) groups excluding carboxylic acids is 1. The molecule has 2 aromatic carbocycles. The molecule has 3 aromatic rings. The number of carbonyl (C=O) groups is 1. The number of thiazole rings is 1. The quantitative estimate of drug-likeness (QED) is 0.190. The van der Waals surface area contributed by atoms with Gasteiger partial charge in [-0.25, -0.2) is 4.98 Å². The van der Waals surface area contributed by atoms with Crippen molar-refractivity contribution >= 4 is 17.3 Å². The minimum absolute atomic E-state index is 0.124. The van der Waals surface area contributed by atoms with Crippen LogP contribution >= 0.6 is 11.3 Å². The molecular formula is C29H35NO6S. The van der Waals surface area contributed by atoms with Crippen molar-refractivity contribution in [3.8, 4) is 33.7 Å². The van der Waals surface area contributed by atoms with Crippen molar-refractivity contribution in [1.29, 1.82) is 0 Å². The van der Waals surface area contributed by atoms with Crippen molar-refractivity contribution < 1.29 is 28.5 Å². The summed E-state index contributed by atoms with van der Waals surface area (Å²) in [5.41, 5.74) is 3.46. The summed E-state index contributed by atoms with van der Waals surface area (Å²) in [5.74, 6) is 3.00. The monoisotopic (exact) mass is 525 g/mol. The molecule has 198 valence electrons. The van der Waals surface area contributed by atoms with Crippen LogP contribution in [0.3, 0.4) is 0 Å². The zero-order valence-electron chi connectivity index (χ0n) is 22.0. The molecule has 8 heteroatoms. The van der Waals surface area contributed by atoms with Crippen LogP contribution in [0.5, 0.6) is 23.1 Å². The molecule has 1 aliphatic carbocycles. The van der Waals surface area contributed by atoms with E-state index in [4.69, 9.17) is 23.7 Å². The first-order valence-electron chi connectivity index (χ1n) is 12.8. The van der Waals surface area contributed by atoms with Gasteiger partial charge >= 0.3 is 5.97 Å². The standard InChI is InChI=1S/C29H35NO6S/c1-5-33-27(31)18-21-9-8-20-16-23(11-12-24(20)21)35-14-7-15-36-25-13-10-22(17-26(25)32-4)29-30-28(34-6-2)19(3)37-29/h10-13,16-17,21H,5-9,14-15,18H2,1-4H3/t21-/m0/s1. The van der Waals surface area contributed by atoms with Crippen LogP contribution in [0.15, 0.2) is 36.4 Å². The molecule has 0 amide bonds. The Kier molecular flexibility index (Phi) is 9.28. The summed E-state index contributed by atoms with van der Waals surface area (Å²) < 4.78 is 28.2. The maximum atomic E-state index is 11.9. The van der Waals surface area contributed by atoms with Crippen LogP contribution in [-0.2, 0) is 16.0 Å². The van der Waals surface area contributed by atoms with Gasteiger partial charge in [-0.3, -0.25) is 4.79 Å². The molecule has 0 saturated heterocycles. The van der Waals surface area contributed by atoms with E-state index in [0.717, 1.165) is 40.5 Å². The maximum Gasteiger partial charge on any atom is 0.306 e. The lowest BCUT2D eigenvalue weighted by atomic mass is 9.98. The van der Waals surface area contributed by atoms with Gasteiger partial charge in [0.2, 0.25) is 5.88 Å². The number of aryl methyl sites for hydroxylation is 2. The van der Waals surface area contributed by atoms with E-state index in [0.29, 0.717) is 50.2 Å². The van der Waals surface area contributed by atoms with Crippen LogP contribution in [0.4, 0.5) is 0 Å². The van der Waals surface area contributed by atoms with Crippen LogP contribution in [0.25, 0.3) is 10.6 Å². The highest BCUT2D eigenvalue weighted by Gasteiger charge is 2.25. The minimum atomic E-state index is -0.124. The highest BCUT2D eigenvalue weighted by atomic mass is 32.1. The molecule has 0 aliphatic heterocycles. The number of aromatic nitrogens is 1. The number of ether oxygens (including phenoxy) is 5. The number of fused-ring (bicyclic) bond motifs is 1. The Labute approximate surface area is 222 Å². The van der Waals surface area contributed by atoms with Crippen molar-refractivity contribution in [2.24, 2.45) is 0 Å². The van der Waals surface area contributed by atoms with Gasteiger partial charge in [0.1, 0.15) is 10.8 Å². The molecule has 0 saturated carbocycles. The average molecular weight is 526 g/mol. The maximum absolute atomic E-state index is 11.9. The molecule has 0 radical (unpaired) electrons. The van der Waals surface area contributed by atoms with Gasteiger partial charge in [-0.1, -0.05) is 6.07 Å². The predicted octanol–water partition coefficient (Wildman–Crippen LogP) is 6.36. The van der Waals surface area contributed by atoms with Gasteiger partial charge in [-0.15, -0.1) is 11.3 Å². The van der Waals surface area contributed by atoms with Crippen LogP contribution < -0.4 is 18.9 Å². The SMILES string of the molecule is CCOC(=O)C[C@@H]1CCc2cc(OCCCOc3ccc(-c4nc(OCC)c(C)s4)cc3OC)ccc21. The Balaban J connectivity index is 1.26. The summed E-state index contributed by atoms with van der Waals surface area (Å²) in [4.78, 5) is 17.5.